The van der Waals surface area contributed by atoms with Gasteiger partial charge in [0.1, 0.15) is 5.75 Å². The fourth-order valence-corrected chi connectivity index (χ4v) is 3.31. The Hall–Kier alpha value is -2.20. The smallest absolute Gasteiger partial charge is 0.259 e. The van der Waals surface area contributed by atoms with Crippen LogP contribution in [0.3, 0.4) is 0 Å². The lowest BCUT2D eigenvalue weighted by Gasteiger charge is -2.29. The van der Waals surface area contributed by atoms with Crippen LogP contribution in [-0.4, -0.2) is 26.1 Å². The molecule has 0 atom stereocenters. The van der Waals surface area contributed by atoms with Crippen molar-refractivity contribution in [1.82, 2.24) is 0 Å². The van der Waals surface area contributed by atoms with E-state index in [1.54, 1.807) is 25.3 Å². The molecule has 2 aromatic carbocycles. The van der Waals surface area contributed by atoms with Crippen LogP contribution < -0.4 is 15.0 Å². The van der Waals surface area contributed by atoms with Gasteiger partial charge in [-0.1, -0.05) is 23.7 Å². The minimum atomic E-state index is -0.214. The van der Waals surface area contributed by atoms with Gasteiger partial charge in [-0.3, -0.25) is 4.79 Å². The maximum atomic E-state index is 12.4. The third-order valence-electron chi connectivity index (χ3n) is 4.25. The Balaban J connectivity index is 1.76. The molecule has 3 rings (SSSR count). The summed E-state index contributed by atoms with van der Waals surface area (Å²) in [6.45, 7) is 2.07. The normalized spacial score (nSPS) is 14.3. The highest BCUT2D eigenvalue weighted by molar-refractivity contribution is 6.33. The molecule has 1 saturated heterocycles. The number of carbonyl (C=O) groups is 1. The summed E-state index contributed by atoms with van der Waals surface area (Å²) in [5, 5.41) is 3.54. The van der Waals surface area contributed by atoms with E-state index in [2.05, 4.69) is 10.2 Å². The van der Waals surface area contributed by atoms with Crippen molar-refractivity contribution in [2.45, 2.75) is 19.3 Å². The summed E-state index contributed by atoms with van der Waals surface area (Å²) >= 11 is 6.43. The third-order valence-corrected chi connectivity index (χ3v) is 4.56. The van der Waals surface area contributed by atoms with Crippen molar-refractivity contribution >= 4 is 28.9 Å². The van der Waals surface area contributed by atoms with Gasteiger partial charge in [0.25, 0.3) is 5.91 Å². The number of carbonyl (C=O) groups excluding carboxylic acids is 1. The van der Waals surface area contributed by atoms with E-state index in [1.807, 2.05) is 24.3 Å². The van der Waals surface area contributed by atoms with Gasteiger partial charge in [0.15, 0.2) is 0 Å². The zero-order valence-corrected chi connectivity index (χ0v) is 14.5. The van der Waals surface area contributed by atoms with Crippen LogP contribution in [0.2, 0.25) is 5.02 Å². The summed E-state index contributed by atoms with van der Waals surface area (Å²) in [5.41, 5.74) is 2.21. The number of para-hydroxylation sites is 1. The zero-order valence-electron chi connectivity index (χ0n) is 13.7. The molecule has 0 unspecified atom stereocenters. The number of anilines is 2. The molecule has 1 N–H and O–H groups in total. The zero-order chi connectivity index (χ0) is 16.9. The van der Waals surface area contributed by atoms with Crippen molar-refractivity contribution in [3.8, 4) is 5.75 Å². The Kier molecular flexibility index (Phi) is 5.26. The summed E-state index contributed by atoms with van der Waals surface area (Å²) in [5.74, 6) is 0.334. The fourth-order valence-electron chi connectivity index (χ4n) is 3.01. The Morgan fingerprint density at radius 1 is 1.12 bits per heavy atom. The third kappa shape index (κ3) is 3.65. The number of nitrogens with zero attached hydrogens (tertiary/aromatic N) is 1. The highest BCUT2D eigenvalue weighted by Gasteiger charge is 2.16. The van der Waals surface area contributed by atoms with Crippen LogP contribution in [0, 0.1) is 0 Å². The van der Waals surface area contributed by atoms with E-state index < -0.39 is 0 Å². The predicted octanol–water partition coefficient (Wildman–Crippen LogP) is 4.59. The summed E-state index contributed by atoms with van der Waals surface area (Å²) in [6, 6.07) is 12.8. The molecule has 0 aliphatic carbocycles. The first-order valence-electron chi connectivity index (χ1n) is 8.18. The molecule has 1 aliphatic rings. The summed E-state index contributed by atoms with van der Waals surface area (Å²) in [4.78, 5) is 14.8. The second-order valence-corrected chi connectivity index (χ2v) is 6.28. The standard InChI is InChI=1S/C19H21ClN2O2/c1-24-18-8-4-3-7-15(18)19(23)21-14-9-10-17(16(20)13-14)22-11-5-2-6-12-22/h3-4,7-10,13H,2,5-6,11-12H2,1H3,(H,21,23). The average molecular weight is 345 g/mol. The van der Waals surface area contributed by atoms with Crippen LogP contribution in [0.4, 0.5) is 11.4 Å². The molecule has 0 spiro atoms. The van der Waals surface area contributed by atoms with E-state index in [0.29, 0.717) is 22.0 Å². The van der Waals surface area contributed by atoms with Crippen molar-refractivity contribution in [2.24, 2.45) is 0 Å². The van der Waals surface area contributed by atoms with Gasteiger partial charge in [-0.25, -0.2) is 0 Å². The first-order chi connectivity index (χ1) is 11.7. The topological polar surface area (TPSA) is 41.6 Å². The first-order valence-corrected chi connectivity index (χ1v) is 8.55. The van der Waals surface area contributed by atoms with E-state index in [-0.39, 0.29) is 5.91 Å². The molecule has 126 valence electrons. The number of halogens is 1. The first kappa shape index (κ1) is 16.7. The van der Waals surface area contributed by atoms with Crippen molar-refractivity contribution in [3.63, 3.8) is 0 Å². The molecule has 0 radical (unpaired) electrons. The Morgan fingerprint density at radius 3 is 2.58 bits per heavy atom. The summed E-state index contributed by atoms with van der Waals surface area (Å²) in [7, 11) is 1.55. The fraction of sp³-hybridized carbons (Fsp3) is 0.316. The highest BCUT2D eigenvalue weighted by atomic mass is 35.5. The van der Waals surface area contributed by atoms with Gasteiger partial charge in [-0.15, -0.1) is 0 Å². The molecule has 1 heterocycles. The van der Waals surface area contributed by atoms with Gasteiger partial charge in [0, 0.05) is 18.8 Å². The molecule has 0 saturated carbocycles. The molecular formula is C19H21ClN2O2. The van der Waals surface area contributed by atoms with Crippen LogP contribution in [0.25, 0.3) is 0 Å². The predicted molar refractivity (Wildman–Crippen MR) is 98.5 cm³/mol. The van der Waals surface area contributed by atoms with Gasteiger partial charge >= 0.3 is 0 Å². The molecular weight excluding hydrogens is 324 g/mol. The van der Waals surface area contributed by atoms with Crippen LogP contribution in [0.5, 0.6) is 5.75 Å². The van der Waals surface area contributed by atoms with Crippen molar-refractivity contribution in [3.05, 3.63) is 53.1 Å². The van der Waals surface area contributed by atoms with Crippen molar-refractivity contribution in [1.29, 1.82) is 0 Å². The van der Waals surface area contributed by atoms with Crippen LogP contribution in [0.15, 0.2) is 42.5 Å². The number of rotatable bonds is 4. The van der Waals surface area contributed by atoms with Crippen molar-refractivity contribution < 1.29 is 9.53 Å². The van der Waals surface area contributed by atoms with E-state index >= 15 is 0 Å². The lowest BCUT2D eigenvalue weighted by Crippen LogP contribution is -2.29. The number of amides is 1. The SMILES string of the molecule is COc1ccccc1C(=O)Nc1ccc(N2CCCCC2)c(Cl)c1. The van der Waals surface area contributed by atoms with E-state index in [0.717, 1.165) is 18.8 Å². The van der Waals surface area contributed by atoms with Crippen LogP contribution >= 0.6 is 11.6 Å². The molecule has 1 fully saturated rings. The Bertz CT molecular complexity index is 727. The van der Waals surface area contributed by atoms with E-state index in [1.165, 1.54) is 19.3 Å². The van der Waals surface area contributed by atoms with Crippen molar-refractivity contribution in [2.75, 3.05) is 30.4 Å². The molecule has 0 aromatic heterocycles. The van der Waals surface area contributed by atoms with E-state index in [4.69, 9.17) is 16.3 Å². The number of hydrogen-bond acceptors (Lipinski definition) is 3. The lowest BCUT2D eigenvalue weighted by molar-refractivity contribution is 0.102. The maximum Gasteiger partial charge on any atom is 0.259 e. The van der Waals surface area contributed by atoms with Gasteiger partial charge in [-0.05, 0) is 49.6 Å². The number of nitrogens with one attached hydrogen (secondary N) is 1. The summed E-state index contributed by atoms with van der Waals surface area (Å²) in [6.07, 6.45) is 3.67. The minimum absolute atomic E-state index is 0.214. The number of hydrogen-bond donors (Lipinski definition) is 1. The van der Waals surface area contributed by atoms with Gasteiger partial charge in [0.05, 0.1) is 23.4 Å². The monoisotopic (exact) mass is 344 g/mol. The molecule has 2 aromatic rings. The second-order valence-electron chi connectivity index (χ2n) is 5.87. The molecule has 4 nitrogen and oxygen atoms in total. The van der Waals surface area contributed by atoms with Crippen LogP contribution in [-0.2, 0) is 0 Å². The number of benzene rings is 2. The van der Waals surface area contributed by atoms with Crippen LogP contribution in [0.1, 0.15) is 29.6 Å². The van der Waals surface area contributed by atoms with Gasteiger partial charge in [0.2, 0.25) is 0 Å². The van der Waals surface area contributed by atoms with E-state index in [9.17, 15) is 4.79 Å². The highest BCUT2D eigenvalue weighted by Crippen LogP contribution is 2.31. The largest absolute Gasteiger partial charge is 0.496 e. The van der Waals surface area contributed by atoms with Gasteiger partial charge < -0.3 is 15.0 Å². The molecule has 24 heavy (non-hydrogen) atoms. The average Bonchev–Trinajstić information content (AvgIpc) is 2.62. The Labute approximate surface area is 147 Å². The molecule has 5 heteroatoms. The Morgan fingerprint density at radius 2 is 1.88 bits per heavy atom. The molecule has 1 aliphatic heterocycles. The minimum Gasteiger partial charge on any atom is -0.496 e. The number of ether oxygens (including phenoxy) is 1. The number of methoxy groups -OCH3 is 1. The molecule has 1 amide bonds. The second kappa shape index (κ2) is 7.58. The quantitative estimate of drug-likeness (QED) is 0.881. The molecule has 0 bridgehead atoms. The maximum absolute atomic E-state index is 12.4. The number of piperidine rings is 1. The summed E-state index contributed by atoms with van der Waals surface area (Å²) < 4.78 is 5.23. The van der Waals surface area contributed by atoms with Gasteiger partial charge in [-0.2, -0.15) is 0 Å². The lowest BCUT2D eigenvalue weighted by atomic mass is 10.1.